The van der Waals surface area contributed by atoms with Crippen molar-refractivity contribution in [2.45, 2.75) is 6.54 Å². The quantitative estimate of drug-likeness (QED) is 0.911. The molecule has 0 aliphatic rings. The van der Waals surface area contributed by atoms with Crippen LogP contribution in [0, 0.1) is 5.82 Å². The third kappa shape index (κ3) is 2.58. The number of halogens is 2. The highest BCUT2D eigenvalue weighted by Gasteiger charge is 2.06. The van der Waals surface area contributed by atoms with Gasteiger partial charge in [-0.05, 0) is 25.2 Å². The lowest BCUT2D eigenvalue weighted by Gasteiger charge is -1.98. The van der Waals surface area contributed by atoms with E-state index in [0.29, 0.717) is 5.02 Å². The Morgan fingerprint density at radius 1 is 1.44 bits per heavy atom. The molecule has 0 unspecified atom stereocenters. The zero-order valence-electron chi connectivity index (χ0n) is 8.63. The molecular formula is C11H10ClFN2S. The van der Waals surface area contributed by atoms with E-state index in [9.17, 15) is 4.39 Å². The van der Waals surface area contributed by atoms with Gasteiger partial charge in [0.2, 0.25) is 0 Å². The Labute approximate surface area is 102 Å². The summed E-state index contributed by atoms with van der Waals surface area (Å²) < 4.78 is 13.1. The molecule has 2 aromatic rings. The van der Waals surface area contributed by atoms with Crippen molar-refractivity contribution in [2.75, 3.05) is 7.05 Å². The van der Waals surface area contributed by atoms with Crippen molar-refractivity contribution in [3.05, 3.63) is 40.1 Å². The lowest BCUT2D eigenvalue weighted by atomic mass is 10.2. The molecule has 1 N–H and O–H groups in total. The zero-order valence-corrected chi connectivity index (χ0v) is 10.2. The normalized spacial score (nSPS) is 10.7. The molecule has 2 nitrogen and oxygen atoms in total. The van der Waals surface area contributed by atoms with E-state index >= 15 is 0 Å². The van der Waals surface area contributed by atoms with Crippen LogP contribution in [0.4, 0.5) is 4.39 Å². The van der Waals surface area contributed by atoms with Gasteiger partial charge in [-0.2, -0.15) is 0 Å². The number of hydrogen-bond donors (Lipinski definition) is 1. The Hall–Kier alpha value is -0.970. The minimum absolute atomic E-state index is 0.340. The molecule has 0 spiro atoms. The first kappa shape index (κ1) is 11.5. The fourth-order valence-electron chi connectivity index (χ4n) is 1.37. The van der Waals surface area contributed by atoms with Gasteiger partial charge in [-0.3, -0.25) is 0 Å². The van der Waals surface area contributed by atoms with Crippen LogP contribution in [0.1, 0.15) is 4.88 Å². The van der Waals surface area contributed by atoms with Gasteiger partial charge in [-0.1, -0.05) is 11.6 Å². The minimum Gasteiger partial charge on any atom is -0.315 e. The summed E-state index contributed by atoms with van der Waals surface area (Å²) in [6.45, 7) is 0.765. The van der Waals surface area contributed by atoms with Gasteiger partial charge in [-0.25, -0.2) is 9.37 Å². The van der Waals surface area contributed by atoms with Gasteiger partial charge in [0.15, 0.2) is 0 Å². The molecule has 0 atom stereocenters. The maximum absolute atomic E-state index is 13.1. The summed E-state index contributed by atoms with van der Waals surface area (Å²) >= 11 is 7.32. The van der Waals surface area contributed by atoms with Gasteiger partial charge in [0, 0.05) is 28.2 Å². The lowest BCUT2D eigenvalue weighted by Crippen LogP contribution is -2.02. The van der Waals surface area contributed by atoms with Crippen LogP contribution in [0.3, 0.4) is 0 Å². The summed E-state index contributed by atoms with van der Waals surface area (Å²) in [5.74, 6) is -0.340. The Kier molecular flexibility index (Phi) is 3.53. The van der Waals surface area contributed by atoms with Crippen LogP contribution in [-0.4, -0.2) is 12.0 Å². The fourth-order valence-corrected chi connectivity index (χ4v) is 2.51. The molecule has 2 rings (SSSR count). The van der Waals surface area contributed by atoms with E-state index in [0.717, 1.165) is 22.0 Å². The highest BCUT2D eigenvalue weighted by atomic mass is 35.5. The van der Waals surface area contributed by atoms with Crippen LogP contribution < -0.4 is 5.32 Å². The van der Waals surface area contributed by atoms with E-state index in [1.165, 1.54) is 23.5 Å². The molecule has 16 heavy (non-hydrogen) atoms. The fraction of sp³-hybridized carbons (Fsp3) is 0.182. The van der Waals surface area contributed by atoms with Crippen molar-refractivity contribution in [2.24, 2.45) is 0 Å². The SMILES string of the molecule is CNCc1cnc(-c2cc(F)cc(Cl)c2)s1. The molecule has 1 heterocycles. The minimum atomic E-state index is -0.340. The summed E-state index contributed by atoms with van der Waals surface area (Å²) in [4.78, 5) is 5.35. The van der Waals surface area contributed by atoms with Crippen molar-refractivity contribution in [1.29, 1.82) is 0 Å². The second-order valence-electron chi connectivity index (χ2n) is 3.32. The highest BCUT2D eigenvalue weighted by molar-refractivity contribution is 7.15. The van der Waals surface area contributed by atoms with E-state index in [2.05, 4.69) is 10.3 Å². The van der Waals surface area contributed by atoms with Crippen LogP contribution in [0.25, 0.3) is 10.6 Å². The van der Waals surface area contributed by atoms with Gasteiger partial charge < -0.3 is 5.32 Å². The molecule has 0 radical (unpaired) electrons. The summed E-state index contributed by atoms with van der Waals surface area (Å²) in [6.07, 6.45) is 1.79. The van der Waals surface area contributed by atoms with Crippen LogP contribution in [0.5, 0.6) is 0 Å². The van der Waals surface area contributed by atoms with E-state index in [4.69, 9.17) is 11.6 Å². The van der Waals surface area contributed by atoms with Gasteiger partial charge in [0.05, 0.1) is 0 Å². The molecule has 1 aromatic carbocycles. The third-order valence-electron chi connectivity index (χ3n) is 2.01. The van der Waals surface area contributed by atoms with Crippen LogP contribution in [0.2, 0.25) is 5.02 Å². The number of nitrogens with zero attached hydrogens (tertiary/aromatic N) is 1. The number of nitrogens with one attached hydrogen (secondary N) is 1. The van der Waals surface area contributed by atoms with Crippen molar-refractivity contribution in [1.82, 2.24) is 10.3 Å². The summed E-state index contributed by atoms with van der Waals surface area (Å²) in [6, 6.07) is 4.44. The summed E-state index contributed by atoms with van der Waals surface area (Å²) in [5.41, 5.74) is 0.720. The molecule has 0 bridgehead atoms. The molecule has 0 saturated heterocycles. The topological polar surface area (TPSA) is 24.9 Å². The summed E-state index contributed by atoms with van der Waals surface area (Å²) in [7, 11) is 1.87. The molecule has 0 amide bonds. The number of hydrogen-bond acceptors (Lipinski definition) is 3. The Balaban J connectivity index is 2.34. The predicted octanol–water partition coefficient (Wildman–Crippen LogP) is 3.32. The molecule has 0 aliphatic carbocycles. The maximum Gasteiger partial charge on any atom is 0.125 e. The van der Waals surface area contributed by atoms with Crippen molar-refractivity contribution < 1.29 is 4.39 Å². The lowest BCUT2D eigenvalue weighted by molar-refractivity contribution is 0.628. The summed E-state index contributed by atoms with van der Waals surface area (Å²) in [5, 5.41) is 4.21. The zero-order chi connectivity index (χ0) is 11.5. The Bertz CT molecular complexity index is 478. The van der Waals surface area contributed by atoms with Gasteiger partial charge in [-0.15, -0.1) is 11.3 Å². The van der Waals surface area contributed by atoms with Gasteiger partial charge in [0.1, 0.15) is 10.8 Å². The molecular weight excluding hydrogens is 247 g/mol. The van der Waals surface area contributed by atoms with E-state index in [1.807, 2.05) is 7.05 Å². The smallest absolute Gasteiger partial charge is 0.125 e. The second-order valence-corrected chi connectivity index (χ2v) is 4.87. The maximum atomic E-state index is 13.1. The molecule has 1 aromatic heterocycles. The van der Waals surface area contributed by atoms with Crippen LogP contribution in [-0.2, 0) is 6.54 Å². The monoisotopic (exact) mass is 256 g/mol. The molecule has 0 saturated carbocycles. The Morgan fingerprint density at radius 2 is 2.25 bits per heavy atom. The molecule has 0 fully saturated rings. The van der Waals surface area contributed by atoms with Gasteiger partial charge >= 0.3 is 0 Å². The average molecular weight is 257 g/mol. The first-order valence-corrected chi connectivity index (χ1v) is 5.94. The van der Waals surface area contributed by atoms with Crippen LogP contribution >= 0.6 is 22.9 Å². The molecule has 84 valence electrons. The number of benzene rings is 1. The standard InChI is InChI=1S/C11H10ClFN2S/c1-14-5-10-6-15-11(16-10)7-2-8(12)4-9(13)3-7/h2-4,6,14H,5H2,1H3. The molecule has 5 heteroatoms. The average Bonchev–Trinajstić information content (AvgIpc) is 2.65. The highest BCUT2D eigenvalue weighted by Crippen LogP contribution is 2.28. The van der Waals surface area contributed by atoms with E-state index in [-0.39, 0.29) is 5.82 Å². The van der Waals surface area contributed by atoms with E-state index < -0.39 is 0 Å². The number of thiazole rings is 1. The third-order valence-corrected chi connectivity index (χ3v) is 3.28. The van der Waals surface area contributed by atoms with Crippen LogP contribution in [0.15, 0.2) is 24.4 Å². The van der Waals surface area contributed by atoms with Crippen molar-refractivity contribution in [3.63, 3.8) is 0 Å². The van der Waals surface area contributed by atoms with E-state index in [1.54, 1.807) is 12.3 Å². The number of rotatable bonds is 3. The number of aromatic nitrogens is 1. The second kappa shape index (κ2) is 4.91. The molecule has 0 aliphatic heterocycles. The Morgan fingerprint density at radius 3 is 2.94 bits per heavy atom. The largest absolute Gasteiger partial charge is 0.315 e. The van der Waals surface area contributed by atoms with Gasteiger partial charge in [0.25, 0.3) is 0 Å². The van der Waals surface area contributed by atoms with Crippen molar-refractivity contribution >= 4 is 22.9 Å². The first-order chi connectivity index (χ1) is 7.69. The first-order valence-electron chi connectivity index (χ1n) is 4.75. The predicted molar refractivity (Wildman–Crippen MR) is 65.3 cm³/mol. The van der Waals surface area contributed by atoms with Crippen molar-refractivity contribution in [3.8, 4) is 10.6 Å².